The molecule has 0 radical (unpaired) electrons. The van der Waals surface area contributed by atoms with Crippen molar-refractivity contribution in [1.82, 2.24) is 5.32 Å². The number of ether oxygens (including phenoxy) is 2. The van der Waals surface area contributed by atoms with Crippen LogP contribution in [0.1, 0.15) is 58.6 Å². The van der Waals surface area contributed by atoms with Crippen molar-refractivity contribution in [1.29, 1.82) is 0 Å². The Hall–Kier alpha value is -2.56. The molecule has 0 spiro atoms. The normalized spacial score (nSPS) is 15.3. The molecule has 0 aromatic heterocycles. The van der Waals surface area contributed by atoms with Crippen LogP contribution in [0.4, 0.5) is 0 Å². The summed E-state index contributed by atoms with van der Waals surface area (Å²) in [5.74, 6) is -1.39. The lowest BCUT2D eigenvalue weighted by Crippen LogP contribution is -2.33. The monoisotopic (exact) mass is 371 g/mol. The van der Waals surface area contributed by atoms with Gasteiger partial charge in [-0.1, -0.05) is 29.8 Å². The van der Waals surface area contributed by atoms with Crippen molar-refractivity contribution in [2.24, 2.45) is 0 Å². The van der Waals surface area contributed by atoms with E-state index in [1.54, 1.807) is 27.7 Å². The third-order valence-electron chi connectivity index (χ3n) is 4.30. The number of hydrogen-bond acceptors (Lipinski definition) is 5. The van der Waals surface area contributed by atoms with Gasteiger partial charge < -0.3 is 14.8 Å². The minimum Gasteiger partial charge on any atom is -0.460 e. The van der Waals surface area contributed by atoms with Crippen molar-refractivity contribution >= 4 is 11.9 Å². The quantitative estimate of drug-likeness (QED) is 0.788. The van der Waals surface area contributed by atoms with Gasteiger partial charge in [-0.2, -0.15) is 0 Å². The molecule has 0 fully saturated rings. The average molecular weight is 371 g/mol. The van der Waals surface area contributed by atoms with Crippen molar-refractivity contribution in [2.45, 2.75) is 66.6 Å². The second-order valence-corrected chi connectivity index (χ2v) is 7.45. The van der Waals surface area contributed by atoms with Crippen LogP contribution in [-0.2, 0) is 19.1 Å². The molecule has 1 aromatic carbocycles. The molecule has 0 saturated carbocycles. The summed E-state index contributed by atoms with van der Waals surface area (Å²) in [7, 11) is 0. The number of hydrogen-bond donors (Lipinski definition) is 1. The fourth-order valence-corrected chi connectivity index (χ4v) is 3.18. The van der Waals surface area contributed by atoms with Crippen LogP contribution in [0.25, 0.3) is 0 Å². The molecule has 1 aliphatic heterocycles. The van der Waals surface area contributed by atoms with E-state index in [0.29, 0.717) is 22.5 Å². The molecule has 0 bridgehead atoms. The van der Waals surface area contributed by atoms with E-state index in [4.69, 9.17) is 9.47 Å². The number of aryl methyl sites for hydroxylation is 1. The van der Waals surface area contributed by atoms with Crippen LogP contribution >= 0.6 is 0 Å². The lowest BCUT2D eigenvalue weighted by molar-refractivity contribution is -0.143. The number of benzene rings is 1. The first kappa shape index (κ1) is 20.7. The Morgan fingerprint density at radius 1 is 0.815 bits per heavy atom. The minimum atomic E-state index is -0.538. The molecule has 0 atom stereocenters. The first-order valence-corrected chi connectivity index (χ1v) is 9.28. The molecule has 0 aliphatic carbocycles. The Labute approximate surface area is 161 Å². The Balaban J connectivity index is 2.60. The first-order valence-electron chi connectivity index (χ1n) is 9.28. The summed E-state index contributed by atoms with van der Waals surface area (Å²) < 4.78 is 10.9. The Morgan fingerprint density at radius 2 is 1.22 bits per heavy atom. The van der Waals surface area contributed by atoms with Crippen LogP contribution in [0.3, 0.4) is 0 Å². The number of carbonyl (C=O) groups excluding carboxylic acids is 2. The summed E-state index contributed by atoms with van der Waals surface area (Å²) in [6, 6.07) is 7.83. The van der Waals surface area contributed by atoms with Gasteiger partial charge in [-0.3, -0.25) is 0 Å². The average Bonchev–Trinajstić information content (AvgIpc) is 2.53. The zero-order valence-electron chi connectivity index (χ0n) is 17.2. The molecule has 5 nitrogen and oxygen atoms in total. The summed E-state index contributed by atoms with van der Waals surface area (Å²) in [4.78, 5) is 25.7. The number of esters is 2. The van der Waals surface area contributed by atoms with Crippen LogP contribution in [0.2, 0.25) is 0 Å². The summed E-state index contributed by atoms with van der Waals surface area (Å²) in [6.07, 6.45) is -0.510. The molecule has 0 unspecified atom stereocenters. The number of allylic oxidation sites excluding steroid dienone is 2. The van der Waals surface area contributed by atoms with E-state index in [2.05, 4.69) is 5.32 Å². The minimum absolute atomic E-state index is 0.255. The molecule has 1 aromatic rings. The highest BCUT2D eigenvalue weighted by Gasteiger charge is 2.38. The van der Waals surface area contributed by atoms with Crippen molar-refractivity contribution in [3.63, 3.8) is 0 Å². The Morgan fingerprint density at radius 3 is 1.59 bits per heavy atom. The van der Waals surface area contributed by atoms with Crippen molar-refractivity contribution in [2.75, 3.05) is 0 Å². The Kier molecular flexibility index (Phi) is 6.47. The van der Waals surface area contributed by atoms with Gasteiger partial charge in [0, 0.05) is 11.4 Å². The molecule has 1 N–H and O–H groups in total. The molecule has 5 heteroatoms. The van der Waals surface area contributed by atoms with E-state index in [1.807, 2.05) is 45.0 Å². The lowest BCUT2D eigenvalue weighted by atomic mass is 9.80. The summed E-state index contributed by atoms with van der Waals surface area (Å²) >= 11 is 0. The number of carbonyl (C=O) groups is 2. The molecule has 2 rings (SSSR count). The second-order valence-electron chi connectivity index (χ2n) is 7.45. The van der Waals surface area contributed by atoms with Crippen molar-refractivity contribution in [3.05, 3.63) is 57.9 Å². The smallest absolute Gasteiger partial charge is 0.337 e. The van der Waals surface area contributed by atoms with Gasteiger partial charge in [0.25, 0.3) is 0 Å². The SMILES string of the molecule is CC1=C(C(=O)OC(C)C)C(c2ccc(C)cc2)C(C(=O)OC(C)C)=C(C)N1. The maximum Gasteiger partial charge on any atom is 0.337 e. The predicted molar refractivity (Wildman–Crippen MR) is 105 cm³/mol. The number of rotatable bonds is 5. The fraction of sp³-hybridized carbons (Fsp3) is 0.455. The molecular weight excluding hydrogens is 342 g/mol. The number of nitrogens with one attached hydrogen (secondary N) is 1. The highest BCUT2D eigenvalue weighted by molar-refractivity contribution is 6.00. The highest BCUT2D eigenvalue weighted by Crippen LogP contribution is 2.39. The van der Waals surface area contributed by atoms with Gasteiger partial charge >= 0.3 is 11.9 Å². The van der Waals surface area contributed by atoms with Gasteiger partial charge in [-0.25, -0.2) is 9.59 Å². The van der Waals surface area contributed by atoms with Crippen LogP contribution in [0, 0.1) is 6.92 Å². The second kappa shape index (κ2) is 8.42. The van der Waals surface area contributed by atoms with Gasteiger partial charge in [0.15, 0.2) is 0 Å². The molecular formula is C22H29NO4. The summed E-state index contributed by atoms with van der Waals surface area (Å²) in [6.45, 7) is 12.9. The molecule has 27 heavy (non-hydrogen) atoms. The van der Waals surface area contributed by atoms with E-state index in [1.165, 1.54) is 0 Å². The summed E-state index contributed by atoms with van der Waals surface area (Å²) in [5, 5.41) is 3.16. The van der Waals surface area contributed by atoms with Gasteiger partial charge in [0.05, 0.1) is 29.3 Å². The van der Waals surface area contributed by atoms with E-state index in [-0.39, 0.29) is 12.2 Å². The van der Waals surface area contributed by atoms with Crippen molar-refractivity contribution in [3.8, 4) is 0 Å². The third-order valence-corrected chi connectivity index (χ3v) is 4.30. The van der Waals surface area contributed by atoms with E-state index < -0.39 is 17.9 Å². The van der Waals surface area contributed by atoms with E-state index in [9.17, 15) is 9.59 Å². The number of dihydropyridines is 1. The van der Waals surface area contributed by atoms with Crippen molar-refractivity contribution < 1.29 is 19.1 Å². The molecule has 146 valence electrons. The van der Waals surface area contributed by atoms with E-state index in [0.717, 1.165) is 11.1 Å². The van der Waals surface area contributed by atoms with Gasteiger partial charge in [-0.05, 0) is 54.0 Å². The molecule has 1 heterocycles. The standard InChI is InChI=1S/C22H29NO4/c1-12(2)26-21(24)18-15(6)23-16(7)19(22(25)27-13(3)4)20(18)17-10-8-14(5)9-11-17/h8-13,20,23H,1-7H3. The highest BCUT2D eigenvalue weighted by atomic mass is 16.5. The van der Waals surface area contributed by atoms with Crippen LogP contribution in [0.15, 0.2) is 46.8 Å². The maximum absolute atomic E-state index is 12.9. The topological polar surface area (TPSA) is 64.6 Å². The van der Waals surface area contributed by atoms with Crippen LogP contribution in [-0.4, -0.2) is 24.1 Å². The third kappa shape index (κ3) is 4.79. The first-order chi connectivity index (χ1) is 12.6. The van der Waals surface area contributed by atoms with Gasteiger partial charge in [-0.15, -0.1) is 0 Å². The van der Waals surface area contributed by atoms with Crippen LogP contribution in [0.5, 0.6) is 0 Å². The van der Waals surface area contributed by atoms with E-state index >= 15 is 0 Å². The Bertz CT molecular complexity index is 741. The molecule has 0 saturated heterocycles. The van der Waals surface area contributed by atoms with Gasteiger partial charge in [0.1, 0.15) is 0 Å². The zero-order chi connectivity index (χ0) is 20.3. The predicted octanol–water partition coefficient (Wildman–Crippen LogP) is 4.13. The maximum atomic E-state index is 12.9. The zero-order valence-corrected chi connectivity index (χ0v) is 17.2. The largest absolute Gasteiger partial charge is 0.460 e. The lowest BCUT2D eigenvalue weighted by Gasteiger charge is -2.31. The molecule has 0 amide bonds. The summed E-state index contributed by atoms with van der Waals surface area (Å²) in [5.41, 5.74) is 4.20. The van der Waals surface area contributed by atoms with Crippen LogP contribution < -0.4 is 5.32 Å². The fourth-order valence-electron chi connectivity index (χ4n) is 3.18. The molecule has 1 aliphatic rings. The van der Waals surface area contributed by atoms with Gasteiger partial charge in [0.2, 0.25) is 0 Å².